The Balaban J connectivity index is 1.40. The van der Waals surface area contributed by atoms with Crippen LogP contribution in [0.3, 0.4) is 0 Å². The first-order chi connectivity index (χ1) is 11.2. The molecule has 0 bridgehead atoms. The number of aromatic amines is 1. The number of H-pyrrole nitrogens is 1. The van der Waals surface area contributed by atoms with E-state index in [0.717, 1.165) is 55.0 Å². The molecule has 1 N–H and O–H groups in total. The first kappa shape index (κ1) is 14.5. The number of benzene rings is 1. The van der Waals surface area contributed by atoms with Gasteiger partial charge in [-0.05, 0) is 44.9 Å². The van der Waals surface area contributed by atoms with Gasteiger partial charge in [0.1, 0.15) is 5.82 Å². The van der Waals surface area contributed by atoms with E-state index in [1.165, 1.54) is 5.69 Å². The zero-order chi connectivity index (χ0) is 15.8. The lowest BCUT2D eigenvalue weighted by atomic mass is 10.1. The van der Waals surface area contributed by atoms with Crippen molar-refractivity contribution in [1.82, 2.24) is 24.6 Å². The molecule has 3 heterocycles. The number of nitrogens with one attached hydrogen (secondary N) is 1. The maximum absolute atomic E-state index is 4.69. The molecule has 1 saturated heterocycles. The summed E-state index contributed by atoms with van der Waals surface area (Å²) >= 11 is 0. The van der Waals surface area contributed by atoms with Crippen molar-refractivity contribution in [1.29, 1.82) is 0 Å². The molecule has 0 amide bonds. The van der Waals surface area contributed by atoms with Gasteiger partial charge in [0.05, 0.1) is 29.3 Å². The lowest BCUT2D eigenvalue weighted by Crippen LogP contribution is -2.35. The molecule has 0 aliphatic carbocycles. The molecule has 1 aliphatic heterocycles. The Labute approximate surface area is 136 Å². The summed E-state index contributed by atoms with van der Waals surface area (Å²) in [5.41, 5.74) is 4.57. The molecule has 5 nitrogen and oxygen atoms in total. The maximum atomic E-state index is 4.69. The van der Waals surface area contributed by atoms with Crippen molar-refractivity contribution >= 4 is 11.0 Å². The van der Waals surface area contributed by atoms with E-state index in [0.29, 0.717) is 6.04 Å². The summed E-state index contributed by atoms with van der Waals surface area (Å²) in [4.78, 5) is 10.6. The normalized spacial score (nSPS) is 17.1. The number of piperidine rings is 1. The van der Waals surface area contributed by atoms with E-state index in [4.69, 9.17) is 0 Å². The third-order valence-corrected chi connectivity index (χ3v) is 4.76. The Kier molecular flexibility index (Phi) is 3.65. The number of fused-ring (bicyclic) bond motifs is 1. The molecule has 1 fully saturated rings. The van der Waals surface area contributed by atoms with Crippen LogP contribution in [0, 0.1) is 13.8 Å². The molecule has 2 aromatic heterocycles. The Morgan fingerprint density at radius 2 is 1.96 bits per heavy atom. The summed E-state index contributed by atoms with van der Waals surface area (Å²) in [7, 11) is 0. The van der Waals surface area contributed by atoms with Crippen LogP contribution in [0.4, 0.5) is 0 Å². The van der Waals surface area contributed by atoms with Crippen LogP contribution in [0.2, 0.25) is 0 Å². The van der Waals surface area contributed by atoms with E-state index < -0.39 is 0 Å². The predicted molar refractivity (Wildman–Crippen MR) is 91.3 cm³/mol. The summed E-state index contributed by atoms with van der Waals surface area (Å²) in [5.74, 6) is 1.07. The van der Waals surface area contributed by atoms with Crippen LogP contribution < -0.4 is 0 Å². The van der Waals surface area contributed by atoms with Crippen LogP contribution in [-0.2, 0) is 6.54 Å². The van der Waals surface area contributed by atoms with Crippen molar-refractivity contribution in [2.75, 3.05) is 13.1 Å². The third kappa shape index (κ3) is 2.88. The van der Waals surface area contributed by atoms with Gasteiger partial charge in [-0.3, -0.25) is 9.58 Å². The Morgan fingerprint density at radius 3 is 2.65 bits per heavy atom. The molecule has 5 heteroatoms. The van der Waals surface area contributed by atoms with E-state index in [9.17, 15) is 0 Å². The van der Waals surface area contributed by atoms with Crippen LogP contribution in [0.15, 0.2) is 30.3 Å². The van der Waals surface area contributed by atoms with Crippen molar-refractivity contribution in [3.05, 3.63) is 47.5 Å². The SMILES string of the molecule is Cc1cc(C)n(C2CCN(Cc3nc4ccccc4[nH]3)CC2)n1. The van der Waals surface area contributed by atoms with Crippen molar-refractivity contribution in [3.63, 3.8) is 0 Å². The molecule has 0 saturated carbocycles. The second-order valence-corrected chi connectivity index (χ2v) is 6.58. The fraction of sp³-hybridized carbons (Fsp3) is 0.444. The minimum Gasteiger partial charge on any atom is -0.341 e. The van der Waals surface area contributed by atoms with Gasteiger partial charge in [0.2, 0.25) is 0 Å². The molecular formula is C18H23N5. The van der Waals surface area contributed by atoms with Crippen molar-refractivity contribution in [3.8, 4) is 0 Å². The highest BCUT2D eigenvalue weighted by molar-refractivity contribution is 5.74. The monoisotopic (exact) mass is 309 g/mol. The zero-order valence-electron chi connectivity index (χ0n) is 13.8. The van der Waals surface area contributed by atoms with Gasteiger partial charge in [-0.2, -0.15) is 5.10 Å². The minimum atomic E-state index is 0.538. The molecule has 0 radical (unpaired) electrons. The first-order valence-corrected chi connectivity index (χ1v) is 8.38. The Hall–Kier alpha value is -2.14. The van der Waals surface area contributed by atoms with Gasteiger partial charge in [0.25, 0.3) is 0 Å². The lowest BCUT2D eigenvalue weighted by Gasteiger charge is -2.32. The maximum Gasteiger partial charge on any atom is 0.121 e. The largest absolute Gasteiger partial charge is 0.341 e. The topological polar surface area (TPSA) is 49.7 Å². The number of likely N-dealkylation sites (tertiary alicyclic amines) is 1. The van der Waals surface area contributed by atoms with E-state index >= 15 is 0 Å². The number of para-hydroxylation sites is 2. The molecule has 1 aliphatic rings. The molecule has 1 aromatic carbocycles. The first-order valence-electron chi connectivity index (χ1n) is 8.38. The van der Waals surface area contributed by atoms with Gasteiger partial charge < -0.3 is 4.98 Å². The second-order valence-electron chi connectivity index (χ2n) is 6.58. The van der Waals surface area contributed by atoms with Gasteiger partial charge in [-0.15, -0.1) is 0 Å². The molecule has 0 atom stereocenters. The molecular weight excluding hydrogens is 286 g/mol. The van der Waals surface area contributed by atoms with Crippen molar-refractivity contribution in [2.24, 2.45) is 0 Å². The lowest BCUT2D eigenvalue weighted by molar-refractivity contribution is 0.169. The predicted octanol–water partition coefficient (Wildman–Crippen LogP) is 3.21. The van der Waals surface area contributed by atoms with E-state index in [1.807, 2.05) is 12.1 Å². The van der Waals surface area contributed by atoms with Crippen LogP contribution in [-0.4, -0.2) is 37.7 Å². The van der Waals surface area contributed by atoms with Gasteiger partial charge in [0, 0.05) is 18.8 Å². The molecule has 3 aromatic rings. The van der Waals surface area contributed by atoms with E-state index in [-0.39, 0.29) is 0 Å². The van der Waals surface area contributed by atoms with E-state index in [1.54, 1.807) is 0 Å². The summed E-state index contributed by atoms with van der Waals surface area (Å²) in [5, 5.41) is 4.65. The number of hydrogen-bond donors (Lipinski definition) is 1. The standard InChI is InChI=1S/C18H23N5/c1-13-11-14(2)23(21-13)15-7-9-22(10-8-15)12-18-19-16-5-3-4-6-17(16)20-18/h3-6,11,15H,7-10,12H2,1-2H3,(H,19,20). The van der Waals surface area contributed by atoms with Gasteiger partial charge in [-0.1, -0.05) is 12.1 Å². The average molecular weight is 309 g/mol. The van der Waals surface area contributed by atoms with Crippen molar-refractivity contribution < 1.29 is 0 Å². The summed E-state index contributed by atoms with van der Waals surface area (Å²) in [6.45, 7) is 7.32. The fourth-order valence-electron chi connectivity index (χ4n) is 3.63. The van der Waals surface area contributed by atoms with Gasteiger partial charge in [0.15, 0.2) is 0 Å². The Morgan fingerprint density at radius 1 is 1.17 bits per heavy atom. The Bertz CT molecular complexity index is 775. The van der Waals surface area contributed by atoms with Crippen LogP contribution in [0.1, 0.15) is 36.1 Å². The number of imidazole rings is 1. The number of nitrogens with zero attached hydrogens (tertiary/aromatic N) is 4. The third-order valence-electron chi connectivity index (χ3n) is 4.76. The molecule has 23 heavy (non-hydrogen) atoms. The van der Waals surface area contributed by atoms with Crippen LogP contribution >= 0.6 is 0 Å². The highest BCUT2D eigenvalue weighted by Gasteiger charge is 2.22. The summed E-state index contributed by atoms with van der Waals surface area (Å²) in [6.07, 6.45) is 2.31. The quantitative estimate of drug-likeness (QED) is 0.808. The number of rotatable bonds is 3. The summed E-state index contributed by atoms with van der Waals surface area (Å²) < 4.78 is 2.22. The second kappa shape index (κ2) is 5.81. The number of hydrogen-bond acceptors (Lipinski definition) is 3. The highest BCUT2D eigenvalue weighted by atomic mass is 15.3. The molecule has 4 rings (SSSR count). The fourth-order valence-corrected chi connectivity index (χ4v) is 3.63. The highest BCUT2D eigenvalue weighted by Crippen LogP contribution is 2.24. The van der Waals surface area contributed by atoms with E-state index in [2.05, 4.69) is 56.7 Å². The van der Waals surface area contributed by atoms with Gasteiger partial charge >= 0.3 is 0 Å². The number of aromatic nitrogens is 4. The number of aryl methyl sites for hydroxylation is 2. The minimum absolute atomic E-state index is 0.538. The van der Waals surface area contributed by atoms with Gasteiger partial charge in [-0.25, -0.2) is 4.98 Å². The smallest absolute Gasteiger partial charge is 0.121 e. The summed E-state index contributed by atoms with van der Waals surface area (Å²) in [6, 6.07) is 10.9. The van der Waals surface area contributed by atoms with Crippen molar-refractivity contribution in [2.45, 2.75) is 39.3 Å². The van der Waals surface area contributed by atoms with Crippen LogP contribution in [0.5, 0.6) is 0 Å². The molecule has 120 valence electrons. The van der Waals surface area contributed by atoms with Crippen LogP contribution in [0.25, 0.3) is 11.0 Å². The molecule has 0 spiro atoms. The zero-order valence-corrected chi connectivity index (χ0v) is 13.8. The molecule has 0 unspecified atom stereocenters. The average Bonchev–Trinajstić information content (AvgIpc) is 3.10.